The first-order chi connectivity index (χ1) is 9.16. The van der Waals surface area contributed by atoms with Gasteiger partial charge in [0, 0.05) is 23.7 Å². The minimum absolute atomic E-state index is 0.0452. The van der Waals surface area contributed by atoms with Gasteiger partial charge in [-0.25, -0.2) is 4.98 Å². The molecule has 1 unspecified atom stereocenters. The van der Waals surface area contributed by atoms with Crippen molar-refractivity contribution in [3.05, 3.63) is 45.8 Å². The van der Waals surface area contributed by atoms with E-state index in [-0.39, 0.29) is 6.04 Å². The van der Waals surface area contributed by atoms with Gasteiger partial charge in [-0.2, -0.15) is 0 Å². The first-order valence-corrected chi connectivity index (χ1v) is 7.59. The van der Waals surface area contributed by atoms with Gasteiger partial charge in [-0.05, 0) is 48.9 Å². The lowest BCUT2D eigenvalue weighted by Crippen LogP contribution is -2.33. The van der Waals surface area contributed by atoms with Gasteiger partial charge in [0.05, 0.1) is 6.04 Å². The highest BCUT2D eigenvalue weighted by molar-refractivity contribution is 7.10. The zero-order valence-corrected chi connectivity index (χ0v) is 12.2. The van der Waals surface area contributed by atoms with Crippen LogP contribution in [-0.2, 0) is 6.42 Å². The number of nitrogens with zero attached hydrogens (tertiary/aromatic N) is 2. The third-order valence-corrected chi connectivity index (χ3v) is 4.86. The van der Waals surface area contributed by atoms with Crippen LogP contribution < -0.4 is 10.6 Å². The van der Waals surface area contributed by atoms with Crippen LogP contribution in [0.4, 0.5) is 5.82 Å². The van der Waals surface area contributed by atoms with Crippen molar-refractivity contribution in [2.75, 3.05) is 11.4 Å². The summed E-state index contributed by atoms with van der Waals surface area (Å²) in [5.41, 5.74) is 8.41. The van der Waals surface area contributed by atoms with E-state index in [1.54, 1.807) is 0 Å². The quantitative estimate of drug-likeness (QED) is 0.913. The van der Waals surface area contributed by atoms with Gasteiger partial charge in [-0.1, -0.05) is 6.07 Å². The fourth-order valence-electron chi connectivity index (χ4n) is 2.66. The molecular weight excluding hydrogens is 254 g/mol. The van der Waals surface area contributed by atoms with Gasteiger partial charge in [-0.3, -0.25) is 0 Å². The van der Waals surface area contributed by atoms with Crippen molar-refractivity contribution in [1.29, 1.82) is 0 Å². The summed E-state index contributed by atoms with van der Waals surface area (Å²) in [6.07, 6.45) is 3.02. The number of nitrogens with two attached hydrogens (primary N) is 1. The zero-order chi connectivity index (χ0) is 13.4. The van der Waals surface area contributed by atoms with E-state index in [9.17, 15) is 0 Å². The molecule has 1 aliphatic heterocycles. The topological polar surface area (TPSA) is 42.1 Å². The molecule has 100 valence electrons. The zero-order valence-electron chi connectivity index (χ0n) is 11.3. The second-order valence-electron chi connectivity index (χ2n) is 5.16. The molecule has 0 bridgehead atoms. The van der Waals surface area contributed by atoms with Crippen LogP contribution in [0.15, 0.2) is 29.8 Å². The largest absolute Gasteiger partial charge is 0.349 e. The van der Waals surface area contributed by atoms with Crippen LogP contribution in [0.2, 0.25) is 0 Å². The highest BCUT2D eigenvalue weighted by Gasteiger charge is 2.25. The molecule has 19 heavy (non-hydrogen) atoms. The third-order valence-electron chi connectivity index (χ3n) is 3.87. The molecule has 2 aromatic rings. The summed E-state index contributed by atoms with van der Waals surface area (Å²) in [5, 5.41) is 2.19. The second kappa shape index (κ2) is 4.94. The van der Waals surface area contributed by atoms with Crippen LogP contribution in [0, 0.1) is 0 Å². The van der Waals surface area contributed by atoms with Crippen LogP contribution in [0.3, 0.4) is 0 Å². The summed E-state index contributed by atoms with van der Waals surface area (Å²) in [6.45, 7) is 5.28. The number of thiophene rings is 1. The van der Waals surface area contributed by atoms with Crippen molar-refractivity contribution in [3.63, 3.8) is 0 Å². The van der Waals surface area contributed by atoms with Crippen LogP contribution in [-0.4, -0.2) is 11.5 Å². The van der Waals surface area contributed by atoms with Crippen molar-refractivity contribution in [1.82, 2.24) is 4.98 Å². The van der Waals surface area contributed by atoms with E-state index in [1.807, 2.05) is 24.5 Å². The molecule has 3 heterocycles. The Bertz CT molecular complexity index is 559. The van der Waals surface area contributed by atoms with E-state index in [0.29, 0.717) is 6.04 Å². The summed E-state index contributed by atoms with van der Waals surface area (Å²) in [6, 6.07) is 6.87. The maximum absolute atomic E-state index is 5.87. The fraction of sp³-hybridized carbons (Fsp3) is 0.400. The van der Waals surface area contributed by atoms with Gasteiger partial charge in [0.25, 0.3) is 0 Å². The Balaban J connectivity index is 1.87. The summed E-state index contributed by atoms with van der Waals surface area (Å²) >= 11 is 1.87. The Morgan fingerprint density at radius 1 is 1.42 bits per heavy atom. The molecule has 0 saturated carbocycles. The lowest BCUT2D eigenvalue weighted by molar-refractivity contribution is 0.624. The lowest BCUT2D eigenvalue weighted by Gasteiger charge is -2.34. The molecule has 0 spiro atoms. The van der Waals surface area contributed by atoms with Crippen molar-refractivity contribution < 1.29 is 0 Å². The summed E-state index contributed by atoms with van der Waals surface area (Å²) < 4.78 is 0. The van der Waals surface area contributed by atoms with Crippen molar-refractivity contribution in [2.45, 2.75) is 32.4 Å². The van der Waals surface area contributed by atoms with Crippen LogP contribution in [0.5, 0.6) is 0 Å². The molecule has 4 heteroatoms. The maximum atomic E-state index is 5.87. The number of hydrogen-bond donors (Lipinski definition) is 1. The van der Waals surface area contributed by atoms with Crippen molar-refractivity contribution in [3.8, 4) is 0 Å². The first kappa shape index (κ1) is 12.6. The Morgan fingerprint density at radius 3 is 2.95 bits per heavy atom. The normalized spacial score (nSPS) is 20.2. The molecule has 0 radical (unpaired) electrons. The van der Waals surface area contributed by atoms with E-state index >= 15 is 0 Å². The van der Waals surface area contributed by atoms with Gasteiger partial charge in [0.2, 0.25) is 0 Å². The minimum atomic E-state index is 0.0452. The Kier molecular flexibility index (Phi) is 3.29. The average molecular weight is 273 g/mol. The molecule has 0 saturated heterocycles. The highest BCUT2D eigenvalue weighted by atomic mass is 32.1. The average Bonchev–Trinajstić information content (AvgIpc) is 2.88. The number of aromatic nitrogens is 1. The molecule has 2 atom stereocenters. The Labute approximate surface area is 118 Å². The van der Waals surface area contributed by atoms with Gasteiger partial charge in [0.15, 0.2) is 0 Å². The molecular formula is C15H19N3S. The smallest absolute Gasteiger partial charge is 0.129 e. The van der Waals surface area contributed by atoms with Crippen LogP contribution >= 0.6 is 11.3 Å². The predicted octanol–water partition coefficient (Wildman–Crippen LogP) is 3.29. The molecule has 1 aliphatic rings. The summed E-state index contributed by atoms with van der Waals surface area (Å²) in [7, 11) is 0. The molecule has 3 rings (SSSR count). The first-order valence-electron chi connectivity index (χ1n) is 6.71. The molecule has 0 aliphatic carbocycles. The molecule has 2 aromatic heterocycles. The van der Waals surface area contributed by atoms with E-state index < -0.39 is 0 Å². The van der Waals surface area contributed by atoms with E-state index in [0.717, 1.165) is 24.3 Å². The maximum Gasteiger partial charge on any atom is 0.129 e. The van der Waals surface area contributed by atoms with Crippen LogP contribution in [0.25, 0.3) is 0 Å². The number of fused-ring (bicyclic) bond motifs is 1. The standard InChI is InChI=1S/C15H19N3S/c1-10(16)12-3-4-15(17-9-12)18-7-5-14-13(11(18)2)6-8-19-14/h3-4,6,8-11H,5,7,16H2,1-2H3/t10-,11?/m0/s1. The van der Waals surface area contributed by atoms with Gasteiger partial charge in [0.1, 0.15) is 5.82 Å². The highest BCUT2D eigenvalue weighted by Crippen LogP contribution is 2.35. The minimum Gasteiger partial charge on any atom is -0.349 e. The number of hydrogen-bond acceptors (Lipinski definition) is 4. The predicted molar refractivity (Wildman–Crippen MR) is 80.6 cm³/mol. The van der Waals surface area contributed by atoms with Crippen molar-refractivity contribution in [2.24, 2.45) is 5.73 Å². The molecule has 3 nitrogen and oxygen atoms in total. The number of pyridine rings is 1. The van der Waals surface area contributed by atoms with Gasteiger partial charge >= 0.3 is 0 Å². The lowest BCUT2D eigenvalue weighted by atomic mass is 10.0. The molecule has 0 amide bonds. The molecule has 0 fully saturated rings. The second-order valence-corrected chi connectivity index (χ2v) is 6.16. The van der Waals surface area contributed by atoms with Crippen LogP contribution in [0.1, 0.15) is 41.9 Å². The monoisotopic (exact) mass is 273 g/mol. The summed E-state index contributed by atoms with van der Waals surface area (Å²) in [5.74, 6) is 1.05. The SMILES string of the molecule is CC1c2ccsc2CCN1c1ccc([C@H](C)N)cn1. The number of rotatable bonds is 2. The van der Waals surface area contributed by atoms with E-state index in [1.165, 1.54) is 10.4 Å². The molecule has 2 N–H and O–H groups in total. The Morgan fingerprint density at radius 2 is 2.26 bits per heavy atom. The van der Waals surface area contributed by atoms with E-state index in [4.69, 9.17) is 5.73 Å². The van der Waals surface area contributed by atoms with Gasteiger partial charge in [-0.15, -0.1) is 11.3 Å². The molecule has 0 aromatic carbocycles. The number of anilines is 1. The fourth-order valence-corrected chi connectivity index (χ4v) is 3.62. The van der Waals surface area contributed by atoms with E-state index in [2.05, 4.69) is 40.4 Å². The van der Waals surface area contributed by atoms with Gasteiger partial charge < -0.3 is 10.6 Å². The Hall–Kier alpha value is -1.39. The van der Waals surface area contributed by atoms with Crippen molar-refractivity contribution >= 4 is 17.2 Å². The summed E-state index contributed by atoms with van der Waals surface area (Å²) in [4.78, 5) is 8.48. The third kappa shape index (κ3) is 2.26.